The first kappa shape index (κ1) is 29.6. The fourth-order valence-corrected chi connectivity index (χ4v) is 5.49. The molecule has 3 rings (SSSR count). The number of anilines is 1. The first-order chi connectivity index (χ1) is 17.8. The summed E-state index contributed by atoms with van der Waals surface area (Å²) in [4.78, 5) is 28.2. The maximum atomic E-state index is 13.8. The van der Waals surface area contributed by atoms with Crippen molar-refractivity contribution in [1.82, 2.24) is 10.2 Å². The number of halogens is 2. The van der Waals surface area contributed by atoms with Gasteiger partial charge in [-0.25, -0.2) is 12.8 Å². The van der Waals surface area contributed by atoms with Gasteiger partial charge in [0.1, 0.15) is 18.4 Å². The molecule has 0 radical (unpaired) electrons. The van der Waals surface area contributed by atoms with E-state index in [1.165, 1.54) is 41.3 Å². The van der Waals surface area contributed by atoms with Crippen LogP contribution in [0.1, 0.15) is 33.3 Å². The summed E-state index contributed by atoms with van der Waals surface area (Å²) < 4.78 is 42.9. The van der Waals surface area contributed by atoms with E-state index in [2.05, 4.69) is 27.9 Å². The minimum absolute atomic E-state index is 0.0102. The van der Waals surface area contributed by atoms with Crippen molar-refractivity contribution in [3.8, 4) is 0 Å². The SMILES string of the molecule is C[C@H](C(=O)NC(C)(C)C)N(Cc1ccc(F)cc1)C(=O)CN(c1ccc(I)cc1)S(=O)(=O)c1ccccc1. The minimum Gasteiger partial charge on any atom is -0.350 e. The lowest BCUT2D eigenvalue weighted by atomic mass is 10.1. The molecular weight excluding hydrogens is 620 g/mol. The number of nitrogens with zero attached hydrogens (tertiary/aromatic N) is 2. The van der Waals surface area contributed by atoms with Crippen LogP contribution >= 0.6 is 22.6 Å². The van der Waals surface area contributed by atoms with E-state index in [0.29, 0.717) is 11.3 Å². The molecule has 0 aliphatic carbocycles. The maximum absolute atomic E-state index is 13.8. The molecule has 0 fully saturated rings. The normalized spacial score (nSPS) is 12.5. The summed E-state index contributed by atoms with van der Waals surface area (Å²) in [7, 11) is -4.12. The molecule has 38 heavy (non-hydrogen) atoms. The van der Waals surface area contributed by atoms with E-state index in [0.717, 1.165) is 7.88 Å². The Morgan fingerprint density at radius 1 is 0.947 bits per heavy atom. The van der Waals surface area contributed by atoms with Crippen molar-refractivity contribution in [2.24, 2.45) is 0 Å². The highest BCUT2D eigenvalue weighted by Gasteiger charge is 2.33. The highest BCUT2D eigenvalue weighted by atomic mass is 127. The second kappa shape index (κ2) is 12.2. The largest absolute Gasteiger partial charge is 0.350 e. The molecule has 202 valence electrons. The molecule has 1 atom stereocenters. The van der Waals surface area contributed by atoms with Crippen molar-refractivity contribution in [2.45, 2.75) is 50.7 Å². The zero-order valence-electron chi connectivity index (χ0n) is 21.7. The molecule has 7 nitrogen and oxygen atoms in total. The molecule has 0 unspecified atom stereocenters. The predicted octanol–water partition coefficient (Wildman–Crippen LogP) is 4.96. The number of nitrogens with one attached hydrogen (secondary N) is 1. The van der Waals surface area contributed by atoms with Crippen molar-refractivity contribution < 1.29 is 22.4 Å². The number of rotatable bonds is 9. The van der Waals surface area contributed by atoms with Gasteiger partial charge in [-0.1, -0.05) is 30.3 Å². The molecule has 0 spiro atoms. The van der Waals surface area contributed by atoms with Gasteiger partial charge in [0.25, 0.3) is 10.0 Å². The van der Waals surface area contributed by atoms with Crippen LogP contribution in [0.4, 0.5) is 10.1 Å². The average Bonchev–Trinajstić information content (AvgIpc) is 2.86. The number of sulfonamides is 1. The summed E-state index contributed by atoms with van der Waals surface area (Å²) in [5.74, 6) is -1.40. The van der Waals surface area contributed by atoms with E-state index in [9.17, 15) is 22.4 Å². The van der Waals surface area contributed by atoms with E-state index < -0.39 is 39.9 Å². The van der Waals surface area contributed by atoms with Gasteiger partial charge in [-0.05, 0) is 104 Å². The second-order valence-electron chi connectivity index (χ2n) is 9.86. The Morgan fingerprint density at radius 2 is 1.53 bits per heavy atom. The number of carbonyl (C=O) groups is 2. The van der Waals surface area contributed by atoms with Crippen LogP contribution in [0, 0.1) is 9.39 Å². The van der Waals surface area contributed by atoms with Gasteiger partial charge in [0.15, 0.2) is 0 Å². The lowest BCUT2D eigenvalue weighted by molar-refractivity contribution is -0.140. The van der Waals surface area contributed by atoms with Crippen molar-refractivity contribution >= 4 is 50.1 Å². The lowest BCUT2D eigenvalue weighted by Crippen LogP contribution is -2.54. The fourth-order valence-electron chi connectivity index (χ4n) is 3.70. The maximum Gasteiger partial charge on any atom is 0.264 e. The predicted molar refractivity (Wildman–Crippen MR) is 154 cm³/mol. The number of amides is 2. The molecule has 2 amide bonds. The van der Waals surface area contributed by atoms with Gasteiger partial charge in [-0.3, -0.25) is 13.9 Å². The molecule has 0 saturated heterocycles. The second-order valence-corrected chi connectivity index (χ2v) is 13.0. The van der Waals surface area contributed by atoms with Crippen LogP contribution in [-0.2, 0) is 26.2 Å². The van der Waals surface area contributed by atoms with Crippen LogP contribution < -0.4 is 9.62 Å². The molecule has 0 aliphatic rings. The molecule has 10 heteroatoms. The van der Waals surface area contributed by atoms with Crippen molar-refractivity contribution in [3.63, 3.8) is 0 Å². The Morgan fingerprint density at radius 3 is 2.08 bits per heavy atom. The van der Waals surface area contributed by atoms with E-state index in [1.54, 1.807) is 49.4 Å². The standard InChI is InChI=1S/C28H31FIN3O4S/c1-20(27(35)31-28(2,3)4)32(18-21-10-12-22(29)13-11-21)26(34)19-33(24-16-14-23(30)15-17-24)38(36,37)25-8-6-5-7-9-25/h5-17,20H,18-19H2,1-4H3,(H,31,35)/t20-/m1/s1. The van der Waals surface area contributed by atoms with E-state index in [4.69, 9.17) is 0 Å². The lowest BCUT2D eigenvalue weighted by Gasteiger charge is -2.33. The molecule has 0 aliphatic heterocycles. The Balaban J connectivity index is 2.01. The van der Waals surface area contributed by atoms with Gasteiger partial charge in [0, 0.05) is 15.7 Å². The molecule has 1 N–H and O–H groups in total. The van der Waals surface area contributed by atoms with Crippen LogP contribution in [0.5, 0.6) is 0 Å². The monoisotopic (exact) mass is 651 g/mol. The third-order valence-electron chi connectivity index (χ3n) is 5.66. The molecule has 0 saturated carbocycles. The topological polar surface area (TPSA) is 86.8 Å². The molecule has 0 heterocycles. The quantitative estimate of drug-likeness (QED) is 0.332. The van der Waals surface area contributed by atoms with Crippen LogP contribution in [0.3, 0.4) is 0 Å². The summed E-state index contributed by atoms with van der Waals surface area (Å²) in [6.45, 7) is 6.53. The van der Waals surface area contributed by atoms with Gasteiger partial charge in [0.2, 0.25) is 11.8 Å². The first-order valence-electron chi connectivity index (χ1n) is 12.0. The van der Waals surface area contributed by atoms with Gasteiger partial charge in [-0.2, -0.15) is 0 Å². The molecule has 0 aromatic heterocycles. The van der Waals surface area contributed by atoms with Crippen molar-refractivity contribution in [2.75, 3.05) is 10.8 Å². The Kier molecular flexibility index (Phi) is 9.53. The number of hydrogen-bond donors (Lipinski definition) is 1. The average molecular weight is 652 g/mol. The van der Waals surface area contributed by atoms with Gasteiger partial charge >= 0.3 is 0 Å². The third-order valence-corrected chi connectivity index (χ3v) is 8.16. The third kappa shape index (κ3) is 7.76. The van der Waals surface area contributed by atoms with Gasteiger partial charge < -0.3 is 10.2 Å². The molecule has 0 bridgehead atoms. The van der Waals surface area contributed by atoms with Gasteiger partial charge in [0.05, 0.1) is 10.6 Å². The number of benzene rings is 3. The Labute approximate surface area is 237 Å². The smallest absolute Gasteiger partial charge is 0.264 e. The molecular formula is C28H31FIN3O4S. The van der Waals surface area contributed by atoms with Crippen LogP contribution in [-0.4, -0.2) is 43.3 Å². The van der Waals surface area contributed by atoms with E-state index >= 15 is 0 Å². The van der Waals surface area contributed by atoms with Crippen LogP contribution in [0.2, 0.25) is 0 Å². The zero-order chi connectivity index (χ0) is 28.1. The van der Waals surface area contributed by atoms with E-state index in [1.807, 2.05) is 20.8 Å². The molecule has 3 aromatic rings. The van der Waals surface area contributed by atoms with E-state index in [-0.39, 0.29) is 17.3 Å². The number of hydrogen-bond acceptors (Lipinski definition) is 4. The van der Waals surface area contributed by atoms with Gasteiger partial charge in [-0.15, -0.1) is 0 Å². The summed E-state index contributed by atoms with van der Waals surface area (Å²) in [5, 5.41) is 2.87. The highest BCUT2D eigenvalue weighted by Crippen LogP contribution is 2.25. The van der Waals surface area contributed by atoms with Crippen molar-refractivity contribution in [1.29, 1.82) is 0 Å². The summed E-state index contributed by atoms with van der Waals surface area (Å²) in [5.41, 5.74) is 0.373. The first-order valence-corrected chi connectivity index (χ1v) is 14.5. The Bertz CT molecular complexity index is 1360. The van der Waals surface area contributed by atoms with Crippen molar-refractivity contribution in [3.05, 3.63) is 93.8 Å². The number of carbonyl (C=O) groups excluding carboxylic acids is 2. The molecule has 3 aromatic carbocycles. The zero-order valence-corrected chi connectivity index (χ0v) is 24.7. The Hall–Kier alpha value is -2.99. The minimum atomic E-state index is -4.12. The van der Waals surface area contributed by atoms with Crippen LogP contribution in [0.25, 0.3) is 0 Å². The summed E-state index contributed by atoms with van der Waals surface area (Å²) in [6.07, 6.45) is 0. The fraction of sp³-hybridized carbons (Fsp3) is 0.286. The highest BCUT2D eigenvalue weighted by molar-refractivity contribution is 14.1. The van der Waals surface area contributed by atoms with Crippen LogP contribution in [0.15, 0.2) is 83.8 Å². The summed E-state index contributed by atoms with van der Waals surface area (Å²) >= 11 is 2.12. The summed E-state index contributed by atoms with van der Waals surface area (Å²) in [6, 6.07) is 19.3.